The smallest absolute Gasteiger partial charge is 0.243 e. The number of ether oxygens (including phenoxy) is 1. The van der Waals surface area contributed by atoms with E-state index >= 15 is 0 Å². The molecule has 0 aliphatic rings. The SMILES string of the molecule is CCCCN(Cc1cccn1Cc1ccc(Br)cc1)C(=O)CN(CCCOCC)S(=O)(=O)c1ccc(Cl)cc1. The molecule has 0 bridgehead atoms. The number of carbonyl (C=O) groups is 1. The highest BCUT2D eigenvalue weighted by Gasteiger charge is 2.28. The maximum Gasteiger partial charge on any atom is 0.243 e. The van der Waals surface area contributed by atoms with Crippen LogP contribution < -0.4 is 0 Å². The van der Waals surface area contributed by atoms with Gasteiger partial charge in [-0.05, 0) is 73.9 Å². The fraction of sp³-hybridized carbons (Fsp3) is 0.414. The van der Waals surface area contributed by atoms with Gasteiger partial charge in [0.05, 0.1) is 18.0 Å². The van der Waals surface area contributed by atoms with Crippen molar-refractivity contribution in [3.05, 3.63) is 87.6 Å². The van der Waals surface area contributed by atoms with E-state index in [0.717, 1.165) is 28.6 Å². The fourth-order valence-electron chi connectivity index (χ4n) is 4.15. The van der Waals surface area contributed by atoms with Crippen LogP contribution in [0.2, 0.25) is 5.02 Å². The van der Waals surface area contributed by atoms with Gasteiger partial charge in [-0.3, -0.25) is 4.79 Å². The summed E-state index contributed by atoms with van der Waals surface area (Å²) in [5.41, 5.74) is 2.14. The van der Waals surface area contributed by atoms with Crippen LogP contribution in [-0.2, 0) is 32.6 Å². The molecule has 0 aliphatic carbocycles. The maximum absolute atomic E-state index is 13.7. The molecule has 0 N–H and O–H groups in total. The van der Waals surface area contributed by atoms with Gasteiger partial charge in [-0.15, -0.1) is 0 Å². The second-order valence-corrected chi connectivity index (χ2v) is 12.6. The first-order chi connectivity index (χ1) is 18.7. The Bertz CT molecular complexity index is 1280. The average Bonchev–Trinajstić information content (AvgIpc) is 3.35. The molecule has 0 radical (unpaired) electrons. The summed E-state index contributed by atoms with van der Waals surface area (Å²) in [4.78, 5) is 15.5. The van der Waals surface area contributed by atoms with E-state index in [1.165, 1.54) is 16.4 Å². The quantitative estimate of drug-likeness (QED) is 0.175. The third-order valence-electron chi connectivity index (χ3n) is 6.34. The number of carbonyl (C=O) groups excluding carboxylic acids is 1. The molecule has 0 atom stereocenters. The number of amides is 1. The number of unbranched alkanes of at least 4 members (excludes halogenated alkanes) is 1. The molecule has 3 rings (SSSR count). The summed E-state index contributed by atoms with van der Waals surface area (Å²) in [6, 6.07) is 18.2. The lowest BCUT2D eigenvalue weighted by atomic mass is 10.2. The van der Waals surface area contributed by atoms with E-state index in [2.05, 4.69) is 39.6 Å². The van der Waals surface area contributed by atoms with Crippen molar-refractivity contribution in [1.29, 1.82) is 0 Å². The number of hydrogen-bond donors (Lipinski definition) is 0. The van der Waals surface area contributed by atoms with Crippen molar-refractivity contribution in [2.45, 2.75) is 51.1 Å². The Morgan fingerprint density at radius 3 is 2.38 bits per heavy atom. The van der Waals surface area contributed by atoms with E-state index in [-0.39, 0.29) is 23.9 Å². The van der Waals surface area contributed by atoms with Crippen LogP contribution in [0.1, 0.15) is 44.4 Å². The lowest BCUT2D eigenvalue weighted by Gasteiger charge is -2.28. The maximum atomic E-state index is 13.7. The number of aromatic nitrogens is 1. The molecule has 39 heavy (non-hydrogen) atoms. The summed E-state index contributed by atoms with van der Waals surface area (Å²) in [7, 11) is -3.91. The van der Waals surface area contributed by atoms with E-state index in [4.69, 9.17) is 16.3 Å². The summed E-state index contributed by atoms with van der Waals surface area (Å²) < 4.78 is 36.9. The molecule has 1 heterocycles. The van der Waals surface area contributed by atoms with Gasteiger partial charge in [0.25, 0.3) is 0 Å². The van der Waals surface area contributed by atoms with Crippen LogP contribution in [0.15, 0.2) is 76.2 Å². The predicted octanol–water partition coefficient (Wildman–Crippen LogP) is 6.20. The molecule has 0 unspecified atom stereocenters. The molecule has 7 nitrogen and oxygen atoms in total. The molecule has 3 aromatic rings. The molecule has 0 aliphatic heterocycles. The minimum Gasteiger partial charge on any atom is -0.382 e. The van der Waals surface area contributed by atoms with E-state index < -0.39 is 10.0 Å². The summed E-state index contributed by atoms with van der Waals surface area (Å²) >= 11 is 9.46. The van der Waals surface area contributed by atoms with Crippen LogP contribution in [0.25, 0.3) is 0 Å². The minimum atomic E-state index is -3.91. The predicted molar refractivity (Wildman–Crippen MR) is 159 cm³/mol. The van der Waals surface area contributed by atoms with Gasteiger partial charge in [0.2, 0.25) is 15.9 Å². The summed E-state index contributed by atoms with van der Waals surface area (Å²) in [5, 5.41) is 0.449. The molecule has 10 heteroatoms. The summed E-state index contributed by atoms with van der Waals surface area (Å²) in [6.07, 6.45) is 4.24. The molecule has 0 saturated heterocycles. The van der Waals surface area contributed by atoms with Crippen molar-refractivity contribution in [3.8, 4) is 0 Å². The van der Waals surface area contributed by atoms with Gasteiger partial charge in [0, 0.05) is 54.2 Å². The average molecular weight is 639 g/mol. The van der Waals surface area contributed by atoms with Crippen molar-refractivity contribution in [2.24, 2.45) is 0 Å². The molecule has 1 aromatic heterocycles. The molecule has 0 saturated carbocycles. The van der Waals surface area contributed by atoms with Crippen molar-refractivity contribution < 1.29 is 17.9 Å². The van der Waals surface area contributed by atoms with Crippen LogP contribution in [0.5, 0.6) is 0 Å². The Kier molecular flexibility index (Phi) is 12.5. The largest absolute Gasteiger partial charge is 0.382 e. The van der Waals surface area contributed by atoms with E-state index in [9.17, 15) is 13.2 Å². The first-order valence-electron chi connectivity index (χ1n) is 13.2. The van der Waals surface area contributed by atoms with Crippen LogP contribution in [-0.4, -0.2) is 60.9 Å². The number of halogens is 2. The van der Waals surface area contributed by atoms with E-state index in [1.807, 2.05) is 37.4 Å². The Labute approximate surface area is 245 Å². The van der Waals surface area contributed by atoms with Crippen molar-refractivity contribution in [1.82, 2.24) is 13.8 Å². The number of rotatable bonds is 16. The number of sulfonamides is 1. The Hall–Kier alpha value is -2.17. The number of hydrogen-bond acceptors (Lipinski definition) is 4. The van der Waals surface area contributed by atoms with Gasteiger partial charge >= 0.3 is 0 Å². The van der Waals surface area contributed by atoms with Gasteiger partial charge in [0.1, 0.15) is 0 Å². The monoisotopic (exact) mass is 637 g/mol. The zero-order valence-corrected chi connectivity index (χ0v) is 25.7. The molecule has 0 fully saturated rings. The van der Waals surface area contributed by atoms with Gasteiger partial charge in [-0.2, -0.15) is 4.31 Å². The molecule has 2 aromatic carbocycles. The topological polar surface area (TPSA) is 71.9 Å². The van der Waals surface area contributed by atoms with Gasteiger partial charge in [0.15, 0.2) is 0 Å². The van der Waals surface area contributed by atoms with Gasteiger partial charge < -0.3 is 14.2 Å². The molecule has 212 valence electrons. The second-order valence-electron chi connectivity index (χ2n) is 9.27. The lowest BCUT2D eigenvalue weighted by Crippen LogP contribution is -2.43. The number of nitrogens with zero attached hydrogens (tertiary/aromatic N) is 3. The van der Waals surface area contributed by atoms with Crippen molar-refractivity contribution in [2.75, 3.05) is 32.8 Å². The molecule has 0 spiro atoms. The third-order valence-corrected chi connectivity index (χ3v) is 8.98. The van der Waals surface area contributed by atoms with Crippen LogP contribution in [0.4, 0.5) is 0 Å². The highest BCUT2D eigenvalue weighted by atomic mass is 79.9. The Morgan fingerprint density at radius 1 is 1.00 bits per heavy atom. The lowest BCUT2D eigenvalue weighted by molar-refractivity contribution is -0.132. The molecular formula is C29H37BrClN3O4S. The van der Waals surface area contributed by atoms with Crippen LogP contribution in [0.3, 0.4) is 0 Å². The Morgan fingerprint density at radius 2 is 1.72 bits per heavy atom. The minimum absolute atomic E-state index is 0.111. The first-order valence-corrected chi connectivity index (χ1v) is 15.8. The van der Waals surface area contributed by atoms with Gasteiger partial charge in [-0.1, -0.05) is 53.0 Å². The second kappa shape index (κ2) is 15.6. The highest BCUT2D eigenvalue weighted by Crippen LogP contribution is 2.20. The standard InChI is InChI=1S/C29H37BrClN3O4S/c1-3-5-17-33(22-27-8-6-18-32(27)21-24-9-11-25(30)12-10-24)29(35)23-34(19-7-20-38-4-2)39(36,37)28-15-13-26(31)14-16-28/h6,8-16,18H,3-5,7,17,19-23H2,1-2H3. The van der Waals surface area contributed by atoms with Gasteiger partial charge in [-0.25, -0.2) is 8.42 Å². The van der Waals surface area contributed by atoms with Crippen molar-refractivity contribution in [3.63, 3.8) is 0 Å². The zero-order chi connectivity index (χ0) is 28.3. The Balaban J connectivity index is 1.80. The van der Waals surface area contributed by atoms with E-state index in [0.29, 0.717) is 44.3 Å². The van der Waals surface area contributed by atoms with Crippen LogP contribution >= 0.6 is 27.5 Å². The van der Waals surface area contributed by atoms with E-state index in [1.54, 1.807) is 17.0 Å². The van der Waals surface area contributed by atoms with Crippen LogP contribution in [0, 0.1) is 0 Å². The fourth-order valence-corrected chi connectivity index (χ4v) is 5.97. The zero-order valence-electron chi connectivity index (χ0n) is 22.6. The summed E-state index contributed by atoms with van der Waals surface area (Å²) in [5.74, 6) is -0.228. The molecular weight excluding hydrogens is 602 g/mol. The molecule has 1 amide bonds. The van der Waals surface area contributed by atoms with Crippen molar-refractivity contribution >= 4 is 43.5 Å². The highest BCUT2D eigenvalue weighted by molar-refractivity contribution is 9.10. The number of benzene rings is 2. The third kappa shape index (κ3) is 9.46. The normalized spacial score (nSPS) is 11.7. The summed E-state index contributed by atoms with van der Waals surface area (Å²) in [6.45, 7) is 6.50. The first kappa shape index (κ1) is 31.4.